The number of halogens is 1. The van der Waals surface area contributed by atoms with Gasteiger partial charge in [0.2, 0.25) is 5.56 Å². The fraction of sp³-hybridized carbons (Fsp3) is 0.250. The number of benzene rings is 2. The van der Waals surface area contributed by atoms with Crippen molar-refractivity contribution in [1.82, 2.24) is 4.98 Å². The number of unbranched alkanes of at least 4 members (excludes halogenated alkanes) is 1. The summed E-state index contributed by atoms with van der Waals surface area (Å²) in [5.41, 5.74) is 1.78. The third-order valence-corrected chi connectivity index (χ3v) is 6.41. The molecule has 0 saturated heterocycles. The van der Waals surface area contributed by atoms with Crippen LogP contribution in [-0.2, 0) is 10.8 Å². The van der Waals surface area contributed by atoms with E-state index in [-0.39, 0.29) is 5.56 Å². The van der Waals surface area contributed by atoms with Crippen LogP contribution in [0.2, 0.25) is 0 Å². The molecule has 0 radical (unpaired) electrons. The summed E-state index contributed by atoms with van der Waals surface area (Å²) >= 11 is 3.46. The first kappa shape index (κ1) is 18.9. The average molecular weight is 434 g/mol. The van der Waals surface area contributed by atoms with Crippen LogP contribution in [0, 0.1) is 6.92 Å². The van der Waals surface area contributed by atoms with E-state index in [1.54, 1.807) is 6.07 Å². The quantitative estimate of drug-likeness (QED) is 0.555. The molecule has 0 bridgehead atoms. The van der Waals surface area contributed by atoms with Crippen molar-refractivity contribution in [3.05, 3.63) is 68.9 Å². The van der Waals surface area contributed by atoms with E-state index in [2.05, 4.69) is 20.9 Å². The fourth-order valence-corrected chi connectivity index (χ4v) is 4.10. The molecule has 1 heterocycles. The van der Waals surface area contributed by atoms with E-state index in [0.717, 1.165) is 44.4 Å². The van der Waals surface area contributed by atoms with E-state index < -0.39 is 10.8 Å². The summed E-state index contributed by atoms with van der Waals surface area (Å²) in [6.45, 7) is 2.57. The predicted molar refractivity (Wildman–Crippen MR) is 109 cm³/mol. The zero-order chi connectivity index (χ0) is 18.5. The highest BCUT2D eigenvalue weighted by Crippen LogP contribution is 2.20. The molecule has 1 aromatic heterocycles. The first-order valence-corrected chi connectivity index (χ1v) is 10.5. The van der Waals surface area contributed by atoms with Crippen LogP contribution in [0.15, 0.2) is 62.7 Å². The zero-order valence-corrected chi connectivity index (χ0v) is 16.9. The predicted octanol–water partition coefficient (Wildman–Crippen LogP) is 4.57. The molecule has 0 fully saturated rings. The summed E-state index contributed by atoms with van der Waals surface area (Å²) in [5, 5.41) is 0.939. The highest BCUT2D eigenvalue weighted by Gasteiger charge is 2.06. The van der Waals surface area contributed by atoms with Crippen LogP contribution in [0.5, 0.6) is 5.75 Å². The minimum absolute atomic E-state index is 0.111. The number of pyridine rings is 1. The number of hydrogen-bond donors (Lipinski definition) is 1. The molecule has 0 aliphatic rings. The van der Waals surface area contributed by atoms with Gasteiger partial charge in [0, 0.05) is 32.1 Å². The second kappa shape index (κ2) is 8.64. The van der Waals surface area contributed by atoms with Crippen LogP contribution in [0.4, 0.5) is 0 Å². The second-order valence-electron chi connectivity index (χ2n) is 6.09. The zero-order valence-electron chi connectivity index (χ0n) is 14.5. The molecular weight excluding hydrogens is 414 g/mol. The summed E-state index contributed by atoms with van der Waals surface area (Å²) < 4.78 is 19.1. The molecule has 0 amide bonds. The number of H-pyrrole nitrogens is 1. The molecule has 136 valence electrons. The van der Waals surface area contributed by atoms with Crippen molar-refractivity contribution in [3.63, 3.8) is 0 Å². The van der Waals surface area contributed by atoms with Crippen LogP contribution >= 0.6 is 15.9 Å². The Labute approximate surface area is 163 Å². The number of aromatic nitrogens is 1. The number of aryl methyl sites for hydroxylation is 1. The van der Waals surface area contributed by atoms with E-state index in [9.17, 15) is 9.00 Å². The van der Waals surface area contributed by atoms with Crippen molar-refractivity contribution in [2.24, 2.45) is 0 Å². The summed E-state index contributed by atoms with van der Waals surface area (Å²) in [7, 11) is -0.981. The molecule has 3 rings (SSSR count). The first-order valence-electron chi connectivity index (χ1n) is 8.43. The number of ether oxygens (including phenoxy) is 1. The van der Waals surface area contributed by atoms with E-state index in [0.29, 0.717) is 12.4 Å². The summed E-state index contributed by atoms with van der Waals surface area (Å²) in [6.07, 6.45) is 1.67. The van der Waals surface area contributed by atoms with Crippen LogP contribution in [0.3, 0.4) is 0 Å². The summed E-state index contributed by atoms with van der Waals surface area (Å²) in [4.78, 5) is 14.9. The van der Waals surface area contributed by atoms with E-state index >= 15 is 0 Å². The third kappa shape index (κ3) is 4.83. The molecule has 0 aliphatic carbocycles. The number of rotatable bonds is 7. The maximum atomic E-state index is 12.3. The minimum atomic E-state index is -0.981. The first-order chi connectivity index (χ1) is 12.5. The van der Waals surface area contributed by atoms with Crippen molar-refractivity contribution in [2.75, 3.05) is 12.4 Å². The second-order valence-corrected chi connectivity index (χ2v) is 8.51. The Kier molecular flexibility index (Phi) is 6.27. The van der Waals surface area contributed by atoms with E-state index in [4.69, 9.17) is 4.74 Å². The van der Waals surface area contributed by atoms with Crippen LogP contribution in [0.1, 0.15) is 18.4 Å². The van der Waals surface area contributed by atoms with Gasteiger partial charge in [-0.1, -0.05) is 15.9 Å². The number of fused-ring (bicyclic) bond motifs is 1. The Bertz CT molecular complexity index is 1000. The molecule has 1 atom stereocenters. The third-order valence-electron chi connectivity index (χ3n) is 4.08. The van der Waals surface area contributed by atoms with E-state index in [1.807, 2.05) is 43.3 Å². The Hall–Kier alpha value is -1.92. The van der Waals surface area contributed by atoms with E-state index in [1.165, 1.54) is 6.07 Å². The van der Waals surface area contributed by atoms with Gasteiger partial charge < -0.3 is 9.72 Å². The van der Waals surface area contributed by atoms with Crippen LogP contribution < -0.4 is 10.3 Å². The largest absolute Gasteiger partial charge is 0.494 e. The molecule has 1 unspecified atom stereocenters. The van der Waals surface area contributed by atoms with Gasteiger partial charge in [-0.05, 0) is 67.8 Å². The lowest BCUT2D eigenvalue weighted by Crippen LogP contribution is -2.04. The van der Waals surface area contributed by atoms with Gasteiger partial charge in [-0.25, -0.2) is 0 Å². The number of hydrogen-bond acceptors (Lipinski definition) is 3. The number of aromatic amines is 1. The van der Waals surface area contributed by atoms with Gasteiger partial charge in [0.25, 0.3) is 0 Å². The molecule has 26 heavy (non-hydrogen) atoms. The van der Waals surface area contributed by atoms with Gasteiger partial charge in [-0.3, -0.25) is 9.00 Å². The maximum Gasteiger partial charge on any atom is 0.248 e. The Morgan fingerprint density at radius 1 is 1.08 bits per heavy atom. The SMILES string of the molecule is Cc1cc(S(=O)CCCCOc2ccc3[nH]c(=O)ccc3c2)ccc1Br. The average Bonchev–Trinajstić information content (AvgIpc) is 2.63. The molecule has 3 aromatic rings. The molecule has 0 saturated carbocycles. The van der Waals surface area contributed by atoms with Crippen molar-refractivity contribution >= 4 is 37.6 Å². The summed E-state index contributed by atoms with van der Waals surface area (Å²) in [6, 6.07) is 14.7. The lowest BCUT2D eigenvalue weighted by molar-refractivity contribution is 0.310. The van der Waals surface area contributed by atoms with Gasteiger partial charge in [0.05, 0.1) is 17.4 Å². The minimum Gasteiger partial charge on any atom is -0.494 e. The van der Waals surface area contributed by atoms with Gasteiger partial charge in [0.1, 0.15) is 5.75 Å². The molecular formula is C20H20BrNO3S. The van der Waals surface area contributed by atoms with Crippen LogP contribution in [-0.4, -0.2) is 21.6 Å². The molecule has 6 heteroatoms. The molecule has 2 aromatic carbocycles. The Morgan fingerprint density at radius 2 is 1.92 bits per heavy atom. The molecule has 0 spiro atoms. The van der Waals surface area contributed by atoms with Crippen molar-refractivity contribution < 1.29 is 8.95 Å². The van der Waals surface area contributed by atoms with Gasteiger partial charge in [-0.15, -0.1) is 0 Å². The van der Waals surface area contributed by atoms with Crippen molar-refractivity contribution in [1.29, 1.82) is 0 Å². The van der Waals surface area contributed by atoms with Crippen molar-refractivity contribution in [2.45, 2.75) is 24.7 Å². The van der Waals surface area contributed by atoms with Crippen molar-refractivity contribution in [3.8, 4) is 5.75 Å². The lowest BCUT2D eigenvalue weighted by atomic mass is 10.2. The fourth-order valence-electron chi connectivity index (χ4n) is 2.62. The van der Waals surface area contributed by atoms with Gasteiger partial charge in [-0.2, -0.15) is 0 Å². The normalized spacial score (nSPS) is 12.2. The highest BCUT2D eigenvalue weighted by molar-refractivity contribution is 9.10. The smallest absolute Gasteiger partial charge is 0.248 e. The molecule has 4 nitrogen and oxygen atoms in total. The standard InChI is InChI=1S/C20H20BrNO3S/c1-14-12-17(6-7-18(14)21)26(24)11-3-2-10-25-16-5-8-19-15(13-16)4-9-20(23)22-19/h4-9,12-13H,2-3,10-11H2,1H3,(H,22,23). The molecule has 0 aliphatic heterocycles. The van der Waals surface area contributed by atoms with Crippen LogP contribution in [0.25, 0.3) is 10.9 Å². The molecule has 1 N–H and O–H groups in total. The Balaban J connectivity index is 1.46. The Morgan fingerprint density at radius 3 is 2.73 bits per heavy atom. The lowest BCUT2D eigenvalue weighted by Gasteiger charge is -2.08. The topological polar surface area (TPSA) is 59.2 Å². The maximum absolute atomic E-state index is 12.3. The van der Waals surface area contributed by atoms with Gasteiger partial charge >= 0.3 is 0 Å². The summed E-state index contributed by atoms with van der Waals surface area (Å²) in [5.74, 6) is 1.40. The highest BCUT2D eigenvalue weighted by atomic mass is 79.9. The number of nitrogens with one attached hydrogen (secondary N) is 1. The monoisotopic (exact) mass is 433 g/mol. The van der Waals surface area contributed by atoms with Gasteiger partial charge in [0.15, 0.2) is 0 Å².